The fraction of sp³-hybridized carbons (Fsp3) is 0.222. The number of hydrogen-bond acceptors (Lipinski definition) is 1. The minimum Gasteiger partial charge on any atom is -0.232 e. The van der Waals surface area contributed by atoms with Gasteiger partial charge < -0.3 is 0 Å². The molecule has 15 heavy (non-hydrogen) atoms. The van der Waals surface area contributed by atoms with Crippen molar-refractivity contribution in [2.75, 3.05) is 0 Å². The fourth-order valence-electron chi connectivity index (χ4n) is 0.828. The maximum absolute atomic E-state index is 12.0. The highest BCUT2D eigenvalue weighted by Crippen LogP contribution is 2.26. The van der Waals surface area contributed by atoms with E-state index >= 15 is 0 Å². The van der Waals surface area contributed by atoms with Gasteiger partial charge in [-0.2, -0.15) is 13.2 Å². The van der Waals surface area contributed by atoms with Crippen molar-refractivity contribution >= 4 is 34.1 Å². The SMILES string of the molecule is Cc1ccc(N=C(Cl)C(F)(F)F)cc1Cl. The summed E-state index contributed by atoms with van der Waals surface area (Å²) in [7, 11) is 0. The Morgan fingerprint density at radius 2 is 1.93 bits per heavy atom. The average Bonchev–Trinajstić information content (AvgIpc) is 2.10. The van der Waals surface area contributed by atoms with E-state index in [-0.39, 0.29) is 5.69 Å². The van der Waals surface area contributed by atoms with Crippen molar-refractivity contribution in [3.63, 3.8) is 0 Å². The monoisotopic (exact) mass is 255 g/mol. The van der Waals surface area contributed by atoms with E-state index in [0.717, 1.165) is 5.56 Å². The number of aryl methyl sites for hydroxylation is 1. The van der Waals surface area contributed by atoms with Gasteiger partial charge in [-0.1, -0.05) is 29.3 Å². The Balaban J connectivity index is 3.04. The van der Waals surface area contributed by atoms with Crippen LogP contribution in [-0.2, 0) is 0 Å². The quantitative estimate of drug-likeness (QED) is 0.657. The van der Waals surface area contributed by atoms with Gasteiger partial charge in [-0.15, -0.1) is 0 Å². The second-order valence-electron chi connectivity index (χ2n) is 2.83. The Kier molecular flexibility index (Phi) is 3.62. The van der Waals surface area contributed by atoms with Gasteiger partial charge in [0.15, 0.2) is 0 Å². The Bertz CT molecular complexity index is 399. The molecule has 1 aromatic rings. The summed E-state index contributed by atoms with van der Waals surface area (Å²) in [6, 6.07) is 4.31. The van der Waals surface area contributed by atoms with Crippen LogP contribution in [0, 0.1) is 6.92 Å². The molecule has 0 heterocycles. The van der Waals surface area contributed by atoms with E-state index in [1.165, 1.54) is 12.1 Å². The van der Waals surface area contributed by atoms with Gasteiger partial charge in [0.2, 0.25) is 5.17 Å². The summed E-state index contributed by atoms with van der Waals surface area (Å²) in [6.07, 6.45) is -4.63. The van der Waals surface area contributed by atoms with E-state index in [9.17, 15) is 13.2 Å². The Morgan fingerprint density at radius 3 is 2.40 bits per heavy atom. The molecule has 0 aromatic heterocycles. The Hall–Kier alpha value is -0.740. The lowest BCUT2D eigenvalue weighted by molar-refractivity contribution is -0.0558. The van der Waals surface area contributed by atoms with Crippen LogP contribution in [0.4, 0.5) is 18.9 Å². The van der Waals surface area contributed by atoms with Crippen molar-refractivity contribution in [3.05, 3.63) is 28.8 Å². The van der Waals surface area contributed by atoms with E-state index in [1.54, 1.807) is 13.0 Å². The maximum Gasteiger partial charge on any atom is 0.444 e. The molecule has 0 bridgehead atoms. The molecule has 1 nitrogen and oxygen atoms in total. The standard InChI is InChI=1S/C9H6Cl2F3N/c1-5-2-3-6(4-7(5)10)15-8(11)9(12,13)14/h2-4H,1H3. The highest BCUT2D eigenvalue weighted by atomic mass is 35.5. The van der Waals surface area contributed by atoms with E-state index in [1.807, 2.05) is 0 Å². The first kappa shape index (κ1) is 12.3. The maximum atomic E-state index is 12.0. The molecule has 1 rings (SSSR count). The van der Waals surface area contributed by atoms with Crippen molar-refractivity contribution in [3.8, 4) is 0 Å². The summed E-state index contributed by atoms with van der Waals surface area (Å²) in [5, 5.41) is -1.06. The van der Waals surface area contributed by atoms with Crippen LogP contribution in [0.3, 0.4) is 0 Å². The fourth-order valence-corrected chi connectivity index (χ4v) is 1.10. The Morgan fingerprint density at radius 1 is 1.33 bits per heavy atom. The van der Waals surface area contributed by atoms with Crippen LogP contribution in [0.1, 0.15) is 5.56 Å². The largest absolute Gasteiger partial charge is 0.444 e. The number of nitrogens with zero attached hydrogens (tertiary/aromatic N) is 1. The smallest absolute Gasteiger partial charge is 0.232 e. The lowest BCUT2D eigenvalue weighted by atomic mass is 10.2. The summed E-state index contributed by atoms with van der Waals surface area (Å²) >= 11 is 10.7. The number of aliphatic imine (C=N–C) groups is 1. The van der Waals surface area contributed by atoms with Crippen LogP contribution in [0.15, 0.2) is 23.2 Å². The third-order valence-electron chi connectivity index (χ3n) is 1.62. The predicted octanol–water partition coefficient (Wildman–Crippen LogP) is 4.48. The van der Waals surface area contributed by atoms with Crippen LogP contribution in [0.25, 0.3) is 0 Å². The van der Waals surface area contributed by atoms with Crippen LogP contribution in [0.2, 0.25) is 5.02 Å². The first-order valence-electron chi connectivity index (χ1n) is 3.88. The molecule has 0 aliphatic carbocycles. The first-order chi connectivity index (χ1) is 6.80. The highest BCUT2D eigenvalue weighted by Gasteiger charge is 2.34. The lowest BCUT2D eigenvalue weighted by Crippen LogP contribution is -2.16. The van der Waals surface area contributed by atoms with Crippen LogP contribution in [0.5, 0.6) is 0 Å². The number of benzene rings is 1. The lowest BCUT2D eigenvalue weighted by Gasteiger charge is -2.04. The topological polar surface area (TPSA) is 12.4 Å². The van der Waals surface area contributed by atoms with E-state index in [4.69, 9.17) is 23.2 Å². The molecule has 0 saturated carbocycles. The molecule has 0 N–H and O–H groups in total. The van der Waals surface area contributed by atoms with E-state index in [2.05, 4.69) is 4.99 Å². The summed E-state index contributed by atoms with van der Waals surface area (Å²) < 4.78 is 36.1. The van der Waals surface area contributed by atoms with Gasteiger partial charge in [0.25, 0.3) is 0 Å². The molecule has 0 spiro atoms. The van der Waals surface area contributed by atoms with E-state index < -0.39 is 11.3 Å². The normalized spacial score (nSPS) is 13.1. The molecule has 0 fully saturated rings. The minimum atomic E-state index is -4.63. The molecule has 0 saturated heterocycles. The number of rotatable bonds is 1. The predicted molar refractivity (Wildman–Crippen MR) is 55.2 cm³/mol. The van der Waals surface area contributed by atoms with Gasteiger partial charge in [-0.3, -0.25) is 0 Å². The van der Waals surface area contributed by atoms with Crippen LogP contribution < -0.4 is 0 Å². The molecule has 0 atom stereocenters. The summed E-state index contributed by atoms with van der Waals surface area (Å²) in [4.78, 5) is 3.20. The molecule has 0 unspecified atom stereocenters. The highest BCUT2D eigenvalue weighted by molar-refractivity contribution is 6.67. The van der Waals surface area contributed by atoms with Crippen molar-refractivity contribution in [2.24, 2.45) is 4.99 Å². The van der Waals surface area contributed by atoms with Crippen molar-refractivity contribution < 1.29 is 13.2 Å². The van der Waals surface area contributed by atoms with Gasteiger partial charge in [-0.25, -0.2) is 4.99 Å². The molecular weight excluding hydrogens is 250 g/mol. The molecular formula is C9H6Cl2F3N. The molecule has 0 aliphatic rings. The summed E-state index contributed by atoms with van der Waals surface area (Å²) in [5.41, 5.74) is 0.840. The average molecular weight is 256 g/mol. The molecule has 82 valence electrons. The zero-order valence-electron chi connectivity index (χ0n) is 7.57. The van der Waals surface area contributed by atoms with Crippen molar-refractivity contribution in [1.82, 2.24) is 0 Å². The minimum absolute atomic E-state index is 0.0768. The van der Waals surface area contributed by atoms with Gasteiger partial charge in [0, 0.05) is 5.02 Å². The zero-order valence-corrected chi connectivity index (χ0v) is 9.08. The number of hydrogen-bond donors (Lipinski definition) is 0. The van der Waals surface area contributed by atoms with Gasteiger partial charge in [0.1, 0.15) is 0 Å². The second-order valence-corrected chi connectivity index (χ2v) is 3.60. The molecule has 0 radical (unpaired) electrons. The first-order valence-corrected chi connectivity index (χ1v) is 4.64. The molecule has 1 aromatic carbocycles. The second kappa shape index (κ2) is 4.41. The number of halogens is 5. The molecule has 0 amide bonds. The third kappa shape index (κ3) is 3.39. The van der Waals surface area contributed by atoms with Crippen molar-refractivity contribution in [2.45, 2.75) is 13.1 Å². The Labute approximate surface area is 94.5 Å². The molecule has 0 aliphatic heterocycles. The van der Waals surface area contributed by atoms with Crippen molar-refractivity contribution in [1.29, 1.82) is 0 Å². The van der Waals surface area contributed by atoms with Crippen LogP contribution in [-0.4, -0.2) is 11.3 Å². The summed E-state index contributed by atoms with van der Waals surface area (Å²) in [5.74, 6) is 0. The van der Waals surface area contributed by atoms with Crippen LogP contribution >= 0.6 is 23.2 Å². The zero-order chi connectivity index (χ0) is 11.6. The van der Waals surface area contributed by atoms with E-state index in [0.29, 0.717) is 5.02 Å². The van der Waals surface area contributed by atoms with Gasteiger partial charge in [0.05, 0.1) is 5.69 Å². The third-order valence-corrected chi connectivity index (χ3v) is 2.32. The number of alkyl halides is 3. The molecule has 6 heteroatoms. The van der Waals surface area contributed by atoms with Gasteiger partial charge >= 0.3 is 6.18 Å². The summed E-state index contributed by atoms with van der Waals surface area (Å²) in [6.45, 7) is 1.74. The van der Waals surface area contributed by atoms with Gasteiger partial charge in [-0.05, 0) is 24.6 Å².